The van der Waals surface area contributed by atoms with Crippen molar-refractivity contribution in [1.82, 2.24) is 0 Å². The molecule has 1 aliphatic rings. The third-order valence-corrected chi connectivity index (χ3v) is 2.80. The van der Waals surface area contributed by atoms with Gasteiger partial charge in [0.2, 0.25) is 0 Å². The molecule has 0 amide bonds. The number of carbonyl (C=O) groups is 1. The van der Waals surface area contributed by atoms with E-state index < -0.39 is 17.7 Å². The fraction of sp³-hybridized carbons (Fsp3) is 0.364. The molecule has 0 fully saturated rings. The molecule has 0 aromatic heterocycles. The van der Waals surface area contributed by atoms with Gasteiger partial charge in [-0.1, -0.05) is 19.1 Å². The smallest absolute Gasteiger partial charge is 0.306 e. The molecule has 1 heterocycles. The highest BCUT2D eigenvalue weighted by Crippen LogP contribution is 2.39. The summed E-state index contributed by atoms with van der Waals surface area (Å²) in [7, 11) is 0. The van der Waals surface area contributed by atoms with Crippen molar-refractivity contribution in [2.24, 2.45) is 5.92 Å². The zero-order chi connectivity index (χ0) is 11.0. The molecular formula is C11H11FO3. The first-order valence-electron chi connectivity index (χ1n) is 4.75. The number of hydrogen-bond acceptors (Lipinski definition) is 2. The van der Waals surface area contributed by atoms with Crippen molar-refractivity contribution in [2.75, 3.05) is 6.61 Å². The van der Waals surface area contributed by atoms with E-state index in [0.29, 0.717) is 5.56 Å². The predicted molar refractivity (Wildman–Crippen MR) is 51.4 cm³/mol. The summed E-state index contributed by atoms with van der Waals surface area (Å²) in [6, 6.07) is 4.60. The zero-order valence-electron chi connectivity index (χ0n) is 8.24. The topological polar surface area (TPSA) is 46.5 Å². The Hall–Kier alpha value is -1.58. The number of para-hydroxylation sites is 1. The van der Waals surface area contributed by atoms with Crippen molar-refractivity contribution in [3.05, 3.63) is 29.6 Å². The Morgan fingerprint density at radius 2 is 2.40 bits per heavy atom. The van der Waals surface area contributed by atoms with Crippen LogP contribution in [0.15, 0.2) is 18.2 Å². The second-order valence-electron chi connectivity index (χ2n) is 3.70. The number of hydrogen-bond donors (Lipinski definition) is 1. The maximum Gasteiger partial charge on any atom is 0.306 e. The van der Waals surface area contributed by atoms with Crippen LogP contribution in [0.5, 0.6) is 5.75 Å². The predicted octanol–water partition coefficient (Wildman–Crippen LogP) is 2.02. The molecule has 1 aliphatic heterocycles. The van der Waals surface area contributed by atoms with Gasteiger partial charge in [-0.25, -0.2) is 4.39 Å². The van der Waals surface area contributed by atoms with Gasteiger partial charge < -0.3 is 9.84 Å². The molecule has 2 unspecified atom stereocenters. The molecule has 4 heteroatoms. The van der Waals surface area contributed by atoms with Crippen molar-refractivity contribution in [2.45, 2.75) is 12.8 Å². The Bertz CT molecular complexity index is 403. The first-order chi connectivity index (χ1) is 7.11. The Kier molecular flexibility index (Phi) is 2.34. The molecule has 0 bridgehead atoms. The maximum absolute atomic E-state index is 13.3. The van der Waals surface area contributed by atoms with E-state index in [-0.39, 0.29) is 18.3 Å². The molecule has 2 atom stereocenters. The first-order valence-corrected chi connectivity index (χ1v) is 4.75. The van der Waals surface area contributed by atoms with Gasteiger partial charge in [-0.2, -0.15) is 0 Å². The summed E-state index contributed by atoms with van der Waals surface area (Å²) >= 11 is 0. The van der Waals surface area contributed by atoms with E-state index in [4.69, 9.17) is 9.84 Å². The number of halogens is 1. The van der Waals surface area contributed by atoms with Crippen molar-refractivity contribution in [1.29, 1.82) is 0 Å². The largest absolute Gasteiger partial charge is 0.490 e. The van der Waals surface area contributed by atoms with Crippen molar-refractivity contribution < 1.29 is 19.0 Å². The van der Waals surface area contributed by atoms with Crippen LogP contribution >= 0.6 is 0 Å². The zero-order valence-corrected chi connectivity index (χ0v) is 8.24. The highest BCUT2D eigenvalue weighted by molar-refractivity contribution is 5.71. The molecule has 0 saturated heterocycles. The average molecular weight is 210 g/mol. The highest BCUT2D eigenvalue weighted by Gasteiger charge is 2.34. The van der Waals surface area contributed by atoms with E-state index in [1.807, 2.05) is 0 Å². The Morgan fingerprint density at radius 3 is 3.07 bits per heavy atom. The number of ether oxygens (including phenoxy) is 1. The van der Waals surface area contributed by atoms with E-state index in [1.165, 1.54) is 6.07 Å². The van der Waals surface area contributed by atoms with E-state index in [9.17, 15) is 9.18 Å². The van der Waals surface area contributed by atoms with Gasteiger partial charge in [0.1, 0.15) is 0 Å². The molecule has 80 valence electrons. The summed E-state index contributed by atoms with van der Waals surface area (Å²) in [5.41, 5.74) is 0.657. The normalized spacial score (nSPS) is 20.5. The van der Waals surface area contributed by atoms with E-state index in [0.717, 1.165) is 0 Å². The summed E-state index contributed by atoms with van der Waals surface area (Å²) < 4.78 is 18.4. The fourth-order valence-corrected chi connectivity index (χ4v) is 1.82. The summed E-state index contributed by atoms with van der Waals surface area (Å²) in [6.45, 7) is 1.85. The van der Waals surface area contributed by atoms with Crippen LogP contribution < -0.4 is 4.74 Å². The van der Waals surface area contributed by atoms with Crippen molar-refractivity contribution >= 4 is 5.97 Å². The third-order valence-electron chi connectivity index (χ3n) is 2.80. The van der Waals surface area contributed by atoms with Crippen LogP contribution in [0, 0.1) is 11.7 Å². The SMILES string of the molecule is CC(C(=O)O)C1COc2c(F)cccc21. The number of aliphatic carboxylic acids is 1. The third kappa shape index (κ3) is 1.56. The lowest BCUT2D eigenvalue weighted by Crippen LogP contribution is -2.19. The van der Waals surface area contributed by atoms with Gasteiger partial charge in [-0.3, -0.25) is 4.79 Å². The van der Waals surface area contributed by atoms with Crippen LogP contribution in [-0.2, 0) is 4.79 Å². The number of carboxylic acid groups (broad SMARTS) is 1. The van der Waals surface area contributed by atoms with Gasteiger partial charge in [0.15, 0.2) is 11.6 Å². The Balaban J connectivity index is 2.37. The lowest BCUT2D eigenvalue weighted by Gasteiger charge is -2.12. The first kappa shape index (κ1) is 9.96. The van der Waals surface area contributed by atoms with Crippen LogP contribution in [0.3, 0.4) is 0 Å². The van der Waals surface area contributed by atoms with Crippen LogP contribution in [0.2, 0.25) is 0 Å². The quantitative estimate of drug-likeness (QED) is 0.812. The average Bonchev–Trinajstić information content (AvgIpc) is 2.61. The summed E-state index contributed by atoms with van der Waals surface area (Å²) in [6.07, 6.45) is 0. The van der Waals surface area contributed by atoms with E-state index >= 15 is 0 Å². The van der Waals surface area contributed by atoms with E-state index in [2.05, 4.69) is 0 Å². The van der Waals surface area contributed by atoms with Gasteiger partial charge >= 0.3 is 5.97 Å². The Labute approximate surface area is 86.5 Å². The monoisotopic (exact) mass is 210 g/mol. The van der Waals surface area contributed by atoms with Gasteiger partial charge in [0, 0.05) is 11.5 Å². The number of rotatable bonds is 2. The van der Waals surface area contributed by atoms with Crippen LogP contribution in [-0.4, -0.2) is 17.7 Å². The molecule has 2 rings (SSSR count). The standard InChI is InChI=1S/C11H11FO3/c1-6(11(13)14)8-5-15-10-7(8)3-2-4-9(10)12/h2-4,6,8H,5H2,1H3,(H,13,14). The van der Waals surface area contributed by atoms with Gasteiger partial charge in [-0.05, 0) is 6.07 Å². The van der Waals surface area contributed by atoms with Gasteiger partial charge in [-0.15, -0.1) is 0 Å². The minimum absolute atomic E-state index is 0.204. The summed E-state index contributed by atoms with van der Waals surface area (Å²) in [5, 5.41) is 8.89. The second-order valence-corrected chi connectivity index (χ2v) is 3.70. The summed E-state index contributed by atoms with van der Waals surface area (Å²) in [5.74, 6) is -1.93. The molecule has 0 saturated carbocycles. The number of fused-ring (bicyclic) bond motifs is 1. The van der Waals surface area contributed by atoms with Crippen LogP contribution in [0.1, 0.15) is 18.4 Å². The molecule has 0 spiro atoms. The van der Waals surface area contributed by atoms with Crippen molar-refractivity contribution in [3.8, 4) is 5.75 Å². The molecule has 0 radical (unpaired) electrons. The molecule has 1 aromatic rings. The number of carboxylic acids is 1. The van der Waals surface area contributed by atoms with Crippen molar-refractivity contribution in [3.63, 3.8) is 0 Å². The fourth-order valence-electron chi connectivity index (χ4n) is 1.82. The highest BCUT2D eigenvalue weighted by atomic mass is 19.1. The minimum Gasteiger partial charge on any atom is -0.490 e. The lowest BCUT2D eigenvalue weighted by atomic mass is 9.89. The molecule has 1 N–H and O–H groups in total. The Morgan fingerprint density at radius 1 is 1.67 bits per heavy atom. The molecular weight excluding hydrogens is 199 g/mol. The second kappa shape index (κ2) is 3.53. The molecule has 0 aliphatic carbocycles. The lowest BCUT2D eigenvalue weighted by molar-refractivity contribution is -0.142. The van der Waals surface area contributed by atoms with Gasteiger partial charge in [0.25, 0.3) is 0 Å². The molecule has 1 aromatic carbocycles. The number of benzene rings is 1. The van der Waals surface area contributed by atoms with Crippen LogP contribution in [0.4, 0.5) is 4.39 Å². The summed E-state index contributed by atoms with van der Waals surface area (Å²) in [4.78, 5) is 10.8. The minimum atomic E-state index is -0.888. The molecule has 3 nitrogen and oxygen atoms in total. The van der Waals surface area contributed by atoms with E-state index in [1.54, 1.807) is 19.1 Å². The molecule has 15 heavy (non-hydrogen) atoms. The van der Waals surface area contributed by atoms with Gasteiger partial charge in [0.05, 0.1) is 12.5 Å². The van der Waals surface area contributed by atoms with Crippen LogP contribution in [0.25, 0.3) is 0 Å². The maximum atomic E-state index is 13.3.